The molecule has 0 aliphatic heterocycles. The Morgan fingerprint density at radius 2 is 2.00 bits per heavy atom. The topological polar surface area (TPSA) is 76.6 Å². The predicted molar refractivity (Wildman–Crippen MR) is 72.4 cm³/mol. The van der Waals surface area contributed by atoms with E-state index in [9.17, 15) is 0 Å². The van der Waals surface area contributed by atoms with E-state index in [1.165, 1.54) is 5.17 Å². The zero-order valence-corrected chi connectivity index (χ0v) is 11.5. The lowest BCUT2D eigenvalue weighted by Crippen LogP contribution is -2.18. The molecule has 0 saturated heterocycles. The van der Waals surface area contributed by atoms with Gasteiger partial charge in [-0.15, -0.1) is 5.17 Å². The van der Waals surface area contributed by atoms with E-state index in [1.807, 2.05) is 20.8 Å². The summed E-state index contributed by atoms with van der Waals surface area (Å²) >= 11 is 0. The van der Waals surface area contributed by atoms with Crippen molar-refractivity contribution in [1.29, 1.82) is 0 Å². The summed E-state index contributed by atoms with van der Waals surface area (Å²) in [4.78, 5) is 14.0. The molecule has 1 aliphatic carbocycles. The van der Waals surface area contributed by atoms with E-state index in [1.54, 1.807) is 7.05 Å². The van der Waals surface area contributed by atoms with Crippen LogP contribution < -0.4 is 10.6 Å². The highest BCUT2D eigenvalue weighted by atomic mass is 16.7. The lowest BCUT2D eigenvalue weighted by atomic mass is 10.3. The minimum absolute atomic E-state index is 0.437. The Morgan fingerprint density at radius 1 is 1.39 bits per heavy atom. The van der Waals surface area contributed by atoms with Crippen LogP contribution in [0.2, 0.25) is 0 Å². The molecule has 1 aromatic heterocycles. The van der Waals surface area contributed by atoms with Gasteiger partial charge in [0.1, 0.15) is 11.6 Å². The fourth-order valence-corrected chi connectivity index (χ4v) is 1.30. The molecule has 1 fully saturated rings. The van der Waals surface area contributed by atoms with Crippen molar-refractivity contribution in [2.24, 2.45) is 5.10 Å². The summed E-state index contributed by atoms with van der Waals surface area (Å²) in [6.07, 6.45) is 2.25. The molecule has 18 heavy (non-hydrogen) atoms. The number of nitrogen functional groups attached to an aromatic ring is 1. The van der Waals surface area contributed by atoms with Crippen molar-refractivity contribution in [1.82, 2.24) is 15.1 Å². The van der Waals surface area contributed by atoms with Gasteiger partial charge in [-0.05, 0) is 19.8 Å². The summed E-state index contributed by atoms with van der Waals surface area (Å²) in [5.74, 6) is 2.11. The van der Waals surface area contributed by atoms with Gasteiger partial charge in [-0.1, -0.05) is 13.8 Å². The number of aromatic nitrogens is 2. The summed E-state index contributed by atoms with van der Waals surface area (Å²) in [7, 11) is 1.64. The van der Waals surface area contributed by atoms with E-state index >= 15 is 0 Å². The van der Waals surface area contributed by atoms with Crippen molar-refractivity contribution in [2.45, 2.75) is 39.5 Å². The Kier molecular flexibility index (Phi) is 4.88. The molecule has 0 radical (unpaired) electrons. The first-order valence-electron chi connectivity index (χ1n) is 6.14. The number of anilines is 1. The lowest BCUT2D eigenvalue weighted by molar-refractivity contribution is -0.0338. The highest BCUT2D eigenvalue weighted by Crippen LogP contribution is 2.39. The highest BCUT2D eigenvalue weighted by molar-refractivity contribution is 5.45. The molecule has 1 saturated carbocycles. The van der Waals surface area contributed by atoms with Gasteiger partial charge in [0.2, 0.25) is 0 Å². The number of hydrogen-bond donors (Lipinski definition) is 1. The number of rotatable bonds is 4. The van der Waals surface area contributed by atoms with Gasteiger partial charge < -0.3 is 10.6 Å². The number of hydroxylamine groups is 1. The molecule has 1 aromatic rings. The average Bonchev–Trinajstić information content (AvgIpc) is 3.21. The Labute approximate surface area is 108 Å². The van der Waals surface area contributed by atoms with Crippen LogP contribution in [0.5, 0.6) is 5.88 Å². The zero-order valence-electron chi connectivity index (χ0n) is 11.5. The first-order chi connectivity index (χ1) is 8.61. The predicted octanol–water partition coefficient (Wildman–Crippen LogP) is 2.11. The fraction of sp³-hybridized carbons (Fsp3) is 0.583. The van der Waals surface area contributed by atoms with Gasteiger partial charge >= 0.3 is 0 Å². The normalized spacial score (nSPS) is 13.3. The van der Waals surface area contributed by atoms with Gasteiger partial charge in [-0.25, -0.2) is 4.98 Å². The minimum Gasteiger partial charge on any atom is -0.383 e. The van der Waals surface area contributed by atoms with Crippen molar-refractivity contribution in [3.63, 3.8) is 0 Å². The van der Waals surface area contributed by atoms with Crippen molar-refractivity contribution in [2.75, 3.05) is 12.8 Å². The molecular weight excluding hydrogens is 230 g/mol. The quantitative estimate of drug-likeness (QED) is 0.655. The van der Waals surface area contributed by atoms with Crippen molar-refractivity contribution >= 4 is 12.5 Å². The third-order valence-electron chi connectivity index (χ3n) is 2.52. The Hall–Kier alpha value is -1.85. The number of hydrazone groups is 1. The molecule has 0 unspecified atom stereocenters. The van der Waals surface area contributed by atoms with Gasteiger partial charge in [0.25, 0.3) is 5.88 Å². The largest absolute Gasteiger partial charge is 0.383 e. The molecule has 0 atom stereocenters. The Morgan fingerprint density at radius 3 is 2.50 bits per heavy atom. The first kappa shape index (κ1) is 14.2. The number of hydrogen-bond acceptors (Lipinski definition) is 6. The van der Waals surface area contributed by atoms with Crippen LogP contribution in [0.1, 0.15) is 44.0 Å². The molecule has 2 N–H and O–H groups in total. The van der Waals surface area contributed by atoms with Gasteiger partial charge in [-0.3, -0.25) is 0 Å². The monoisotopic (exact) mass is 251 g/mol. The van der Waals surface area contributed by atoms with E-state index in [2.05, 4.69) is 21.8 Å². The molecule has 0 bridgehead atoms. The van der Waals surface area contributed by atoms with Crippen LogP contribution >= 0.6 is 0 Å². The van der Waals surface area contributed by atoms with E-state index in [-0.39, 0.29) is 0 Å². The van der Waals surface area contributed by atoms with Gasteiger partial charge in [0.15, 0.2) is 0 Å². The molecular formula is C12H21N5O. The number of nitrogens with two attached hydrogens (primary N) is 1. The zero-order chi connectivity index (χ0) is 13.7. The second-order valence-corrected chi connectivity index (χ2v) is 3.87. The van der Waals surface area contributed by atoms with Gasteiger partial charge in [-0.2, -0.15) is 10.1 Å². The molecule has 6 nitrogen and oxygen atoms in total. The second kappa shape index (κ2) is 6.18. The molecule has 0 spiro atoms. The van der Waals surface area contributed by atoms with Crippen molar-refractivity contribution < 1.29 is 4.84 Å². The SMILES string of the molecule is C=NN(C)Oc1nc(C2CC2)nc(N)c1C.CC. The number of nitrogens with zero attached hydrogens (tertiary/aromatic N) is 4. The van der Waals surface area contributed by atoms with Crippen LogP contribution in [0.3, 0.4) is 0 Å². The molecule has 1 aliphatic rings. The van der Waals surface area contributed by atoms with Gasteiger partial charge in [0, 0.05) is 12.6 Å². The standard InChI is InChI=1S/C10H15N5O.C2H6/c1-6-8(11)13-9(7-4-5-7)14-10(6)16-15(3)12-2;1-2/h7H,2,4-5H2,1,3H3,(H2,11,13,14);1-2H3. The maximum atomic E-state index is 5.81. The summed E-state index contributed by atoms with van der Waals surface area (Å²) in [6.45, 7) is 9.17. The first-order valence-corrected chi connectivity index (χ1v) is 6.14. The summed E-state index contributed by atoms with van der Waals surface area (Å²) in [5.41, 5.74) is 6.53. The van der Waals surface area contributed by atoms with Crippen molar-refractivity contribution in [3.05, 3.63) is 11.4 Å². The van der Waals surface area contributed by atoms with E-state index in [0.717, 1.165) is 24.2 Å². The molecule has 0 amide bonds. The minimum atomic E-state index is 0.437. The molecule has 0 aromatic carbocycles. The molecule has 1 heterocycles. The maximum absolute atomic E-state index is 5.81. The van der Waals surface area contributed by atoms with E-state index < -0.39 is 0 Å². The third kappa shape index (κ3) is 3.32. The maximum Gasteiger partial charge on any atom is 0.256 e. The lowest BCUT2D eigenvalue weighted by Gasteiger charge is -2.15. The van der Waals surface area contributed by atoms with Crippen LogP contribution in [0.4, 0.5) is 5.82 Å². The third-order valence-corrected chi connectivity index (χ3v) is 2.52. The highest BCUT2D eigenvalue weighted by Gasteiger charge is 2.28. The van der Waals surface area contributed by atoms with Gasteiger partial charge in [0.05, 0.1) is 12.6 Å². The Bertz CT molecular complexity index is 417. The Balaban J connectivity index is 0.000000771. The summed E-state index contributed by atoms with van der Waals surface area (Å²) in [6, 6.07) is 0. The summed E-state index contributed by atoms with van der Waals surface area (Å²) < 4.78 is 0. The fourth-order valence-electron chi connectivity index (χ4n) is 1.30. The van der Waals surface area contributed by atoms with Crippen LogP contribution in [0.15, 0.2) is 5.10 Å². The molecule has 6 heteroatoms. The molecule has 100 valence electrons. The van der Waals surface area contributed by atoms with Crippen LogP contribution in [0, 0.1) is 6.92 Å². The average molecular weight is 251 g/mol. The van der Waals surface area contributed by atoms with Crippen molar-refractivity contribution in [3.8, 4) is 5.88 Å². The second-order valence-electron chi connectivity index (χ2n) is 3.87. The molecule has 2 rings (SSSR count). The van der Waals surface area contributed by atoms with E-state index in [0.29, 0.717) is 17.6 Å². The van der Waals surface area contributed by atoms with E-state index in [4.69, 9.17) is 10.6 Å². The smallest absolute Gasteiger partial charge is 0.256 e. The van der Waals surface area contributed by atoms with Crippen LogP contribution in [-0.2, 0) is 0 Å². The van der Waals surface area contributed by atoms with Crippen LogP contribution in [0.25, 0.3) is 0 Å². The summed E-state index contributed by atoms with van der Waals surface area (Å²) in [5, 5.41) is 4.85. The van der Waals surface area contributed by atoms with Crippen LogP contribution in [-0.4, -0.2) is 28.9 Å².